The van der Waals surface area contributed by atoms with E-state index in [1.165, 1.54) is 55.2 Å². The number of hydrogen-bond donors (Lipinski definition) is 2. The largest absolute Gasteiger partial charge is 0.493 e. The van der Waals surface area contributed by atoms with Crippen molar-refractivity contribution in [3.05, 3.63) is 28.8 Å². The maximum atomic E-state index is 10.8. The molecule has 146 valence electrons. The minimum atomic E-state index is -0.700. The predicted octanol–water partition coefficient (Wildman–Crippen LogP) is 4.82. The molecule has 1 heterocycles. The van der Waals surface area contributed by atoms with Gasteiger partial charge in [0.15, 0.2) is 0 Å². The molecule has 2 aliphatic rings. The molecule has 0 radical (unpaired) electrons. The lowest BCUT2D eigenvalue weighted by Gasteiger charge is -2.12. The number of unbranched alkanes of at least 4 members (excludes halogenated alkanes) is 4. The van der Waals surface area contributed by atoms with Gasteiger partial charge in [-0.15, -0.1) is 0 Å². The molecule has 1 aliphatic carbocycles. The van der Waals surface area contributed by atoms with Crippen molar-refractivity contribution in [3.8, 4) is 5.75 Å². The Morgan fingerprint density at radius 2 is 2.04 bits per heavy atom. The van der Waals surface area contributed by atoms with Crippen molar-refractivity contribution in [2.24, 2.45) is 5.73 Å². The summed E-state index contributed by atoms with van der Waals surface area (Å²) in [6.45, 7) is 5.07. The fraction of sp³-hybridized carbons (Fsp3) is 0.682. The van der Waals surface area contributed by atoms with Crippen molar-refractivity contribution in [1.29, 1.82) is 0 Å². The lowest BCUT2D eigenvalue weighted by Crippen LogP contribution is -2.13. The molecular weight excluding hydrogens is 326 g/mol. The van der Waals surface area contributed by atoms with Crippen molar-refractivity contribution in [1.82, 2.24) is 0 Å². The highest BCUT2D eigenvalue weighted by molar-refractivity contribution is 5.69. The second-order valence-electron chi connectivity index (χ2n) is 7.73. The molecule has 2 atom stereocenters. The van der Waals surface area contributed by atoms with Gasteiger partial charge in [-0.05, 0) is 49.3 Å². The van der Waals surface area contributed by atoms with Crippen LogP contribution in [0.1, 0.15) is 87.8 Å². The Kier molecular flexibility index (Phi) is 8.43. The highest BCUT2D eigenvalue weighted by Gasteiger charge is 2.30. The number of hydrogen-bond acceptors (Lipinski definition) is 3. The fourth-order valence-corrected chi connectivity index (χ4v) is 4.03. The van der Waals surface area contributed by atoms with Gasteiger partial charge >= 0.3 is 5.97 Å². The first-order chi connectivity index (χ1) is 12.5. The Labute approximate surface area is 158 Å². The molecule has 0 aromatic heterocycles. The zero-order valence-corrected chi connectivity index (χ0v) is 16.4. The van der Waals surface area contributed by atoms with Crippen molar-refractivity contribution in [2.45, 2.75) is 90.0 Å². The van der Waals surface area contributed by atoms with Crippen LogP contribution in [-0.4, -0.2) is 23.7 Å². The number of aryl methyl sites for hydroxylation is 1. The van der Waals surface area contributed by atoms with Gasteiger partial charge in [0.05, 0.1) is 13.0 Å². The van der Waals surface area contributed by atoms with Gasteiger partial charge in [0, 0.05) is 18.0 Å². The molecule has 1 aromatic carbocycles. The zero-order valence-electron chi connectivity index (χ0n) is 16.4. The van der Waals surface area contributed by atoms with Gasteiger partial charge in [0.25, 0.3) is 0 Å². The van der Waals surface area contributed by atoms with Crippen LogP contribution in [0.5, 0.6) is 5.75 Å². The molecular formula is C22H35NO3. The van der Waals surface area contributed by atoms with E-state index in [9.17, 15) is 4.79 Å². The smallest absolute Gasteiger partial charge is 0.303 e. The van der Waals surface area contributed by atoms with E-state index in [4.69, 9.17) is 15.6 Å². The number of aliphatic carboxylic acids is 1. The van der Waals surface area contributed by atoms with Gasteiger partial charge in [-0.1, -0.05) is 45.1 Å². The van der Waals surface area contributed by atoms with Crippen LogP contribution in [0, 0.1) is 0 Å². The Hall–Kier alpha value is -1.55. The highest BCUT2D eigenvalue weighted by atomic mass is 16.5. The lowest BCUT2D eigenvalue weighted by atomic mass is 9.92. The molecule has 26 heavy (non-hydrogen) atoms. The molecule has 4 heteroatoms. The number of carboxylic acids is 1. The summed E-state index contributed by atoms with van der Waals surface area (Å²) in [5, 5.41) is 8.92. The number of fused-ring (bicyclic) bond motifs is 3. The second kappa shape index (κ2) is 10.6. The standard InChI is InChI=1S/C13H14O3.C9H21N/c14-12(15)7-9-2-1-8-3-4-11-10(13(8)9)5-6-16-11;1-3-4-5-6-7-8-9(2)10/h3-4,9H,1-2,5-7H2,(H,14,15);9H,3-8,10H2,1-2H3/t2*9-/m01/s1. The number of ether oxygens (including phenoxy) is 1. The maximum Gasteiger partial charge on any atom is 0.303 e. The van der Waals surface area contributed by atoms with E-state index in [2.05, 4.69) is 19.9 Å². The molecule has 4 nitrogen and oxygen atoms in total. The number of benzene rings is 1. The van der Waals surface area contributed by atoms with Gasteiger partial charge in [0.1, 0.15) is 5.75 Å². The molecule has 0 fully saturated rings. The minimum absolute atomic E-state index is 0.198. The van der Waals surface area contributed by atoms with E-state index >= 15 is 0 Å². The van der Waals surface area contributed by atoms with Crippen LogP contribution in [0.25, 0.3) is 0 Å². The quantitative estimate of drug-likeness (QED) is 0.651. The lowest BCUT2D eigenvalue weighted by molar-refractivity contribution is -0.137. The SMILES string of the molecule is CCCCCCC[C@@H](C)N.O=C(O)C[C@@H]1CCc2ccc3c(c21)CCO3. The van der Waals surface area contributed by atoms with E-state index in [0.29, 0.717) is 6.04 Å². The average molecular weight is 362 g/mol. The van der Waals surface area contributed by atoms with E-state index in [-0.39, 0.29) is 12.3 Å². The molecule has 3 N–H and O–H groups in total. The topological polar surface area (TPSA) is 72.6 Å². The summed E-state index contributed by atoms with van der Waals surface area (Å²) in [4.78, 5) is 10.8. The van der Waals surface area contributed by atoms with Crippen LogP contribution in [-0.2, 0) is 17.6 Å². The summed E-state index contributed by atoms with van der Waals surface area (Å²) in [6, 6.07) is 4.53. The number of carbonyl (C=O) groups is 1. The predicted molar refractivity (Wildman–Crippen MR) is 106 cm³/mol. The average Bonchev–Trinajstić information content (AvgIpc) is 3.21. The zero-order chi connectivity index (χ0) is 18.9. The van der Waals surface area contributed by atoms with Gasteiger partial charge in [-0.25, -0.2) is 0 Å². The molecule has 0 bridgehead atoms. The summed E-state index contributed by atoms with van der Waals surface area (Å²) in [5.74, 6) is 0.467. The summed E-state index contributed by atoms with van der Waals surface area (Å²) < 4.78 is 5.53. The Balaban J connectivity index is 0.000000213. The van der Waals surface area contributed by atoms with Crippen LogP contribution in [0.3, 0.4) is 0 Å². The van der Waals surface area contributed by atoms with Crippen LogP contribution in [0.15, 0.2) is 12.1 Å². The molecule has 1 aliphatic heterocycles. The second-order valence-corrected chi connectivity index (χ2v) is 7.73. The van der Waals surface area contributed by atoms with Gasteiger partial charge in [-0.2, -0.15) is 0 Å². The molecule has 0 saturated carbocycles. The molecule has 0 unspecified atom stereocenters. The van der Waals surface area contributed by atoms with Crippen LogP contribution in [0.4, 0.5) is 0 Å². The number of rotatable bonds is 8. The van der Waals surface area contributed by atoms with Gasteiger partial charge in [-0.3, -0.25) is 4.79 Å². The molecule has 0 saturated heterocycles. The van der Waals surface area contributed by atoms with Crippen LogP contribution < -0.4 is 10.5 Å². The Bertz CT molecular complexity index is 583. The molecule has 3 rings (SSSR count). The number of nitrogens with two attached hydrogens (primary N) is 1. The highest BCUT2D eigenvalue weighted by Crippen LogP contribution is 2.43. The first-order valence-corrected chi connectivity index (χ1v) is 10.3. The normalized spacial score (nSPS) is 18.3. The third-order valence-electron chi connectivity index (χ3n) is 5.37. The van der Waals surface area contributed by atoms with E-state index in [1.807, 2.05) is 6.07 Å². The van der Waals surface area contributed by atoms with E-state index < -0.39 is 5.97 Å². The molecule has 0 spiro atoms. The van der Waals surface area contributed by atoms with E-state index in [1.54, 1.807) is 0 Å². The van der Waals surface area contributed by atoms with Gasteiger partial charge in [0.2, 0.25) is 0 Å². The third-order valence-corrected chi connectivity index (χ3v) is 5.37. The first kappa shape index (κ1) is 20.8. The molecule has 0 amide bonds. The number of carboxylic acid groups (broad SMARTS) is 1. The van der Waals surface area contributed by atoms with E-state index in [0.717, 1.165) is 31.6 Å². The monoisotopic (exact) mass is 361 g/mol. The Morgan fingerprint density at radius 3 is 2.73 bits per heavy atom. The van der Waals surface area contributed by atoms with Crippen molar-refractivity contribution in [2.75, 3.05) is 6.61 Å². The Morgan fingerprint density at radius 1 is 1.27 bits per heavy atom. The summed E-state index contributed by atoms with van der Waals surface area (Å²) in [7, 11) is 0. The summed E-state index contributed by atoms with van der Waals surface area (Å²) in [6.07, 6.45) is 11.2. The van der Waals surface area contributed by atoms with Crippen molar-refractivity contribution < 1.29 is 14.6 Å². The van der Waals surface area contributed by atoms with Crippen LogP contribution in [0.2, 0.25) is 0 Å². The molecule has 1 aromatic rings. The fourth-order valence-electron chi connectivity index (χ4n) is 4.03. The maximum absolute atomic E-state index is 10.8. The third kappa shape index (κ3) is 6.01. The summed E-state index contributed by atoms with van der Waals surface area (Å²) >= 11 is 0. The van der Waals surface area contributed by atoms with Gasteiger partial charge < -0.3 is 15.6 Å². The van der Waals surface area contributed by atoms with Crippen LogP contribution >= 0.6 is 0 Å². The van der Waals surface area contributed by atoms with Crippen molar-refractivity contribution >= 4 is 5.97 Å². The summed E-state index contributed by atoms with van der Waals surface area (Å²) in [5.41, 5.74) is 9.48. The minimum Gasteiger partial charge on any atom is -0.493 e. The van der Waals surface area contributed by atoms with Crippen molar-refractivity contribution in [3.63, 3.8) is 0 Å². The first-order valence-electron chi connectivity index (χ1n) is 10.3.